The molecule has 0 spiro atoms. The van der Waals surface area contributed by atoms with Crippen LogP contribution in [0.2, 0.25) is 0 Å². The number of anilines is 1. The zero-order valence-electron chi connectivity index (χ0n) is 9.44. The number of rotatable bonds is 1. The molecule has 0 saturated carbocycles. The number of H-pyrrole nitrogens is 1. The van der Waals surface area contributed by atoms with Crippen molar-refractivity contribution in [3.05, 3.63) is 34.9 Å². The lowest BCUT2D eigenvalue weighted by Gasteiger charge is -2.29. The van der Waals surface area contributed by atoms with Gasteiger partial charge in [0.1, 0.15) is 0 Å². The Labute approximate surface area is 98.5 Å². The molecule has 0 amide bonds. The molecule has 1 aliphatic heterocycles. The summed E-state index contributed by atoms with van der Waals surface area (Å²) < 4.78 is 0. The van der Waals surface area contributed by atoms with Crippen LogP contribution in [-0.4, -0.2) is 36.1 Å². The first-order valence-corrected chi connectivity index (χ1v) is 5.78. The van der Waals surface area contributed by atoms with Gasteiger partial charge in [-0.2, -0.15) is 0 Å². The molecule has 5 heteroatoms. The first-order chi connectivity index (χ1) is 8.34. The van der Waals surface area contributed by atoms with Crippen LogP contribution in [0.25, 0.3) is 10.9 Å². The van der Waals surface area contributed by atoms with E-state index in [2.05, 4.69) is 20.2 Å². The second kappa shape index (κ2) is 4.18. The number of nitrogens with one attached hydrogen (secondary N) is 2. The Bertz CT molecular complexity index is 586. The van der Waals surface area contributed by atoms with Crippen LogP contribution in [0.15, 0.2) is 29.3 Å². The van der Waals surface area contributed by atoms with Crippen molar-refractivity contribution < 1.29 is 0 Å². The highest BCUT2D eigenvalue weighted by molar-refractivity contribution is 5.81. The largest absolute Gasteiger partial charge is 0.369 e. The van der Waals surface area contributed by atoms with Gasteiger partial charge in [0.25, 0.3) is 5.56 Å². The molecule has 0 atom stereocenters. The molecule has 1 aromatic carbocycles. The van der Waals surface area contributed by atoms with Gasteiger partial charge < -0.3 is 15.2 Å². The normalized spacial score (nSPS) is 16.4. The van der Waals surface area contributed by atoms with Crippen molar-refractivity contribution >= 4 is 16.6 Å². The van der Waals surface area contributed by atoms with E-state index in [1.54, 1.807) is 0 Å². The molecular weight excluding hydrogens is 216 g/mol. The highest BCUT2D eigenvalue weighted by Crippen LogP contribution is 2.18. The molecular formula is C12H14N4O. The van der Waals surface area contributed by atoms with Crippen LogP contribution in [0.4, 0.5) is 5.69 Å². The predicted molar refractivity (Wildman–Crippen MR) is 67.4 cm³/mol. The Morgan fingerprint density at radius 3 is 2.88 bits per heavy atom. The van der Waals surface area contributed by atoms with Crippen molar-refractivity contribution in [2.45, 2.75) is 0 Å². The number of benzene rings is 1. The number of aromatic amines is 1. The summed E-state index contributed by atoms with van der Waals surface area (Å²) in [4.78, 5) is 20.6. The fourth-order valence-corrected chi connectivity index (χ4v) is 2.18. The minimum atomic E-state index is -0.0816. The lowest BCUT2D eigenvalue weighted by Crippen LogP contribution is -2.43. The summed E-state index contributed by atoms with van der Waals surface area (Å²) in [6.45, 7) is 3.99. The molecule has 0 unspecified atom stereocenters. The third kappa shape index (κ3) is 1.89. The van der Waals surface area contributed by atoms with Crippen LogP contribution in [0.1, 0.15) is 0 Å². The molecule has 1 aromatic heterocycles. The number of hydrogen-bond donors (Lipinski definition) is 2. The third-order valence-electron chi connectivity index (χ3n) is 3.11. The molecule has 1 aliphatic rings. The van der Waals surface area contributed by atoms with Crippen molar-refractivity contribution in [3.63, 3.8) is 0 Å². The first kappa shape index (κ1) is 10.3. The second-order valence-corrected chi connectivity index (χ2v) is 4.17. The Kier molecular flexibility index (Phi) is 2.53. The number of aromatic nitrogens is 2. The maximum atomic E-state index is 11.5. The van der Waals surface area contributed by atoms with Gasteiger partial charge in [-0.15, -0.1) is 0 Å². The van der Waals surface area contributed by atoms with Gasteiger partial charge in [-0.25, -0.2) is 4.98 Å². The highest BCUT2D eigenvalue weighted by atomic mass is 16.1. The van der Waals surface area contributed by atoms with E-state index in [1.807, 2.05) is 18.2 Å². The van der Waals surface area contributed by atoms with Gasteiger partial charge in [0, 0.05) is 31.9 Å². The molecule has 0 radical (unpaired) electrons. The SMILES string of the molecule is O=c1[nH]cnc2cc(N3CCNCC3)ccc12. The Balaban J connectivity index is 2.04. The molecule has 3 rings (SSSR count). The fraction of sp³-hybridized carbons (Fsp3) is 0.333. The van der Waals surface area contributed by atoms with Crippen molar-refractivity contribution in [2.24, 2.45) is 0 Å². The summed E-state index contributed by atoms with van der Waals surface area (Å²) in [6, 6.07) is 5.82. The number of fused-ring (bicyclic) bond motifs is 1. The van der Waals surface area contributed by atoms with E-state index in [0.717, 1.165) is 37.4 Å². The quantitative estimate of drug-likeness (QED) is 0.741. The number of hydrogen-bond acceptors (Lipinski definition) is 4. The van der Waals surface area contributed by atoms with E-state index in [-0.39, 0.29) is 5.56 Å². The Morgan fingerprint density at radius 2 is 2.06 bits per heavy atom. The molecule has 2 N–H and O–H groups in total. The highest BCUT2D eigenvalue weighted by Gasteiger charge is 2.11. The van der Waals surface area contributed by atoms with Crippen molar-refractivity contribution in [2.75, 3.05) is 31.1 Å². The topological polar surface area (TPSA) is 61.0 Å². The van der Waals surface area contributed by atoms with Gasteiger partial charge >= 0.3 is 0 Å². The van der Waals surface area contributed by atoms with Gasteiger partial charge in [0.15, 0.2) is 0 Å². The van der Waals surface area contributed by atoms with Crippen LogP contribution in [-0.2, 0) is 0 Å². The predicted octanol–water partition coefficient (Wildman–Crippen LogP) is 0.333. The van der Waals surface area contributed by atoms with Gasteiger partial charge in [0.2, 0.25) is 0 Å². The summed E-state index contributed by atoms with van der Waals surface area (Å²) >= 11 is 0. The molecule has 1 saturated heterocycles. The van der Waals surface area contributed by atoms with E-state index < -0.39 is 0 Å². The molecule has 17 heavy (non-hydrogen) atoms. The minimum Gasteiger partial charge on any atom is -0.369 e. The van der Waals surface area contributed by atoms with Crippen LogP contribution in [0, 0.1) is 0 Å². The van der Waals surface area contributed by atoms with E-state index in [9.17, 15) is 4.79 Å². The lowest BCUT2D eigenvalue weighted by molar-refractivity contribution is 0.589. The maximum absolute atomic E-state index is 11.5. The van der Waals surface area contributed by atoms with Gasteiger partial charge in [0.05, 0.1) is 17.2 Å². The standard InChI is InChI=1S/C12H14N4O/c17-12-10-2-1-9(7-11(10)14-8-15-12)16-5-3-13-4-6-16/h1-2,7-8,13H,3-6H2,(H,14,15,17). The third-order valence-corrected chi connectivity index (χ3v) is 3.11. The van der Waals surface area contributed by atoms with Crippen LogP contribution >= 0.6 is 0 Å². The number of piperazine rings is 1. The molecule has 0 bridgehead atoms. The summed E-state index contributed by atoms with van der Waals surface area (Å²) in [5.41, 5.74) is 1.81. The Hall–Kier alpha value is -1.88. The molecule has 0 aliphatic carbocycles. The average Bonchev–Trinajstić information content (AvgIpc) is 2.40. The van der Waals surface area contributed by atoms with E-state index in [1.165, 1.54) is 6.33 Å². The molecule has 88 valence electrons. The van der Waals surface area contributed by atoms with Crippen LogP contribution in [0.3, 0.4) is 0 Å². The second-order valence-electron chi connectivity index (χ2n) is 4.17. The summed E-state index contributed by atoms with van der Waals surface area (Å²) in [7, 11) is 0. The van der Waals surface area contributed by atoms with Crippen LogP contribution < -0.4 is 15.8 Å². The van der Waals surface area contributed by atoms with Crippen molar-refractivity contribution in [1.82, 2.24) is 15.3 Å². The van der Waals surface area contributed by atoms with Gasteiger partial charge in [-0.05, 0) is 18.2 Å². The summed E-state index contributed by atoms with van der Waals surface area (Å²) in [5, 5.41) is 3.96. The number of nitrogens with zero attached hydrogens (tertiary/aromatic N) is 2. The zero-order chi connectivity index (χ0) is 11.7. The minimum absolute atomic E-state index is 0.0816. The zero-order valence-corrected chi connectivity index (χ0v) is 9.44. The van der Waals surface area contributed by atoms with E-state index >= 15 is 0 Å². The maximum Gasteiger partial charge on any atom is 0.258 e. The van der Waals surface area contributed by atoms with Crippen molar-refractivity contribution in [3.8, 4) is 0 Å². The van der Waals surface area contributed by atoms with E-state index in [4.69, 9.17) is 0 Å². The molecule has 1 fully saturated rings. The Morgan fingerprint density at radius 1 is 1.24 bits per heavy atom. The van der Waals surface area contributed by atoms with Crippen molar-refractivity contribution in [1.29, 1.82) is 0 Å². The molecule has 2 aromatic rings. The molecule has 5 nitrogen and oxygen atoms in total. The molecule has 2 heterocycles. The van der Waals surface area contributed by atoms with Gasteiger partial charge in [-0.1, -0.05) is 0 Å². The fourth-order valence-electron chi connectivity index (χ4n) is 2.18. The lowest BCUT2D eigenvalue weighted by atomic mass is 10.2. The van der Waals surface area contributed by atoms with E-state index in [0.29, 0.717) is 5.39 Å². The monoisotopic (exact) mass is 230 g/mol. The summed E-state index contributed by atoms with van der Waals surface area (Å²) in [5.74, 6) is 0. The smallest absolute Gasteiger partial charge is 0.258 e. The van der Waals surface area contributed by atoms with Crippen LogP contribution in [0.5, 0.6) is 0 Å². The van der Waals surface area contributed by atoms with Gasteiger partial charge in [-0.3, -0.25) is 4.79 Å². The first-order valence-electron chi connectivity index (χ1n) is 5.78. The summed E-state index contributed by atoms with van der Waals surface area (Å²) in [6.07, 6.45) is 1.45. The average molecular weight is 230 g/mol.